The lowest BCUT2D eigenvalue weighted by molar-refractivity contribution is -0.116. The van der Waals surface area contributed by atoms with Gasteiger partial charge in [-0.25, -0.2) is 4.79 Å². The third-order valence-electron chi connectivity index (χ3n) is 4.26. The Morgan fingerprint density at radius 3 is 2.52 bits per heavy atom. The van der Waals surface area contributed by atoms with E-state index in [0.717, 1.165) is 16.2 Å². The molecule has 2 N–H and O–H groups in total. The van der Waals surface area contributed by atoms with Crippen molar-refractivity contribution in [3.8, 4) is 16.2 Å². The van der Waals surface area contributed by atoms with Crippen LogP contribution in [-0.2, 0) is 9.53 Å². The van der Waals surface area contributed by atoms with Gasteiger partial charge in [-0.3, -0.25) is 9.59 Å². The molecule has 2 amide bonds. The number of nitrogens with one attached hydrogen (secondary N) is 2. The smallest absolute Gasteiger partial charge is 0.350 e. The predicted octanol–water partition coefficient (Wildman–Crippen LogP) is 4.42. The van der Waals surface area contributed by atoms with Crippen LogP contribution < -0.4 is 15.4 Å². The largest absolute Gasteiger partial charge is 0.497 e. The zero-order valence-electron chi connectivity index (χ0n) is 17.1. The van der Waals surface area contributed by atoms with Crippen molar-refractivity contribution in [2.75, 3.05) is 25.6 Å². The third kappa shape index (κ3) is 5.93. The van der Waals surface area contributed by atoms with Crippen molar-refractivity contribution in [3.05, 3.63) is 57.6 Å². The lowest BCUT2D eigenvalue weighted by atomic mass is 10.2. The summed E-state index contributed by atoms with van der Waals surface area (Å²) in [5, 5.41) is 9.03. The van der Waals surface area contributed by atoms with Crippen LogP contribution in [0.15, 0.2) is 47.2 Å². The molecule has 0 aliphatic rings. The number of hydrogen-bond acceptors (Lipinski definition) is 7. The normalized spacial score (nSPS) is 10.4. The van der Waals surface area contributed by atoms with Gasteiger partial charge in [0, 0.05) is 28.8 Å². The SMILES string of the molecule is CCOC(=O)c1sc(-c2ccc(OC)cc2)cc1NC(=O)CCNC(=O)c1ccsc1. The number of amides is 2. The average molecular weight is 459 g/mol. The summed E-state index contributed by atoms with van der Waals surface area (Å²) in [6.45, 7) is 2.14. The fraction of sp³-hybridized carbons (Fsp3) is 0.227. The Morgan fingerprint density at radius 1 is 1.10 bits per heavy atom. The Labute approximate surface area is 188 Å². The van der Waals surface area contributed by atoms with Gasteiger partial charge in [0.05, 0.1) is 19.4 Å². The summed E-state index contributed by atoms with van der Waals surface area (Å²) >= 11 is 2.67. The van der Waals surface area contributed by atoms with Gasteiger partial charge in [0.25, 0.3) is 5.91 Å². The monoisotopic (exact) mass is 458 g/mol. The van der Waals surface area contributed by atoms with E-state index in [4.69, 9.17) is 9.47 Å². The molecule has 0 atom stereocenters. The van der Waals surface area contributed by atoms with E-state index in [1.807, 2.05) is 29.6 Å². The minimum Gasteiger partial charge on any atom is -0.497 e. The Hall–Kier alpha value is -3.17. The molecule has 0 spiro atoms. The molecule has 1 aromatic carbocycles. The molecule has 0 radical (unpaired) electrons. The van der Waals surface area contributed by atoms with Crippen molar-refractivity contribution in [2.45, 2.75) is 13.3 Å². The molecular formula is C22H22N2O5S2. The van der Waals surface area contributed by atoms with E-state index < -0.39 is 5.97 Å². The Balaban J connectivity index is 1.69. The second-order valence-corrected chi connectivity index (χ2v) is 8.20. The highest BCUT2D eigenvalue weighted by Gasteiger charge is 2.20. The number of carbonyl (C=O) groups excluding carboxylic acids is 3. The maximum absolute atomic E-state index is 12.4. The second-order valence-electron chi connectivity index (χ2n) is 6.37. The molecule has 0 bridgehead atoms. The first kappa shape index (κ1) is 22.5. The lowest BCUT2D eigenvalue weighted by Crippen LogP contribution is -2.27. The highest BCUT2D eigenvalue weighted by molar-refractivity contribution is 7.18. The standard InChI is InChI=1S/C22H22N2O5S2/c1-3-29-22(27)20-17(12-18(31-20)14-4-6-16(28-2)7-5-14)24-19(25)8-10-23-21(26)15-9-11-30-13-15/h4-7,9,11-13H,3,8,10H2,1-2H3,(H,23,26)(H,24,25). The van der Waals surface area contributed by atoms with Crippen molar-refractivity contribution in [1.82, 2.24) is 5.32 Å². The average Bonchev–Trinajstić information content (AvgIpc) is 3.44. The number of benzene rings is 1. The van der Waals surface area contributed by atoms with E-state index in [1.165, 1.54) is 22.7 Å². The lowest BCUT2D eigenvalue weighted by Gasteiger charge is -2.07. The van der Waals surface area contributed by atoms with Gasteiger partial charge >= 0.3 is 5.97 Å². The van der Waals surface area contributed by atoms with Crippen LogP contribution in [0.2, 0.25) is 0 Å². The van der Waals surface area contributed by atoms with Crippen molar-refractivity contribution >= 4 is 46.1 Å². The molecule has 0 aliphatic carbocycles. The number of ether oxygens (including phenoxy) is 2. The van der Waals surface area contributed by atoms with Gasteiger partial charge < -0.3 is 20.1 Å². The van der Waals surface area contributed by atoms with E-state index in [2.05, 4.69) is 10.6 Å². The topological polar surface area (TPSA) is 93.7 Å². The van der Waals surface area contributed by atoms with Crippen molar-refractivity contribution < 1.29 is 23.9 Å². The predicted molar refractivity (Wildman–Crippen MR) is 122 cm³/mol. The molecule has 0 saturated carbocycles. The van der Waals surface area contributed by atoms with Gasteiger partial charge in [0.1, 0.15) is 10.6 Å². The number of thiophene rings is 2. The Morgan fingerprint density at radius 2 is 1.87 bits per heavy atom. The Kier molecular flexibility index (Phi) is 7.80. The number of methoxy groups -OCH3 is 1. The summed E-state index contributed by atoms with van der Waals surface area (Å²) in [4.78, 5) is 37.9. The zero-order chi connectivity index (χ0) is 22.2. The van der Waals surface area contributed by atoms with Crippen LogP contribution in [0.5, 0.6) is 5.75 Å². The van der Waals surface area contributed by atoms with Crippen molar-refractivity contribution in [1.29, 1.82) is 0 Å². The van der Waals surface area contributed by atoms with Crippen LogP contribution in [-0.4, -0.2) is 38.0 Å². The van der Waals surface area contributed by atoms with Crippen LogP contribution in [0.4, 0.5) is 5.69 Å². The minimum absolute atomic E-state index is 0.0753. The molecule has 0 aliphatic heterocycles. The summed E-state index contributed by atoms with van der Waals surface area (Å²) in [6, 6.07) is 10.9. The summed E-state index contributed by atoms with van der Waals surface area (Å²) < 4.78 is 10.3. The molecule has 3 aromatic rings. The van der Waals surface area contributed by atoms with Gasteiger partial charge in [-0.2, -0.15) is 11.3 Å². The maximum atomic E-state index is 12.4. The van der Waals surface area contributed by atoms with Gasteiger partial charge in [-0.05, 0) is 54.3 Å². The molecule has 31 heavy (non-hydrogen) atoms. The molecule has 0 fully saturated rings. The number of esters is 1. The van der Waals surface area contributed by atoms with Crippen LogP contribution >= 0.6 is 22.7 Å². The molecule has 9 heteroatoms. The third-order valence-corrected chi connectivity index (χ3v) is 6.11. The number of rotatable bonds is 9. The van der Waals surface area contributed by atoms with E-state index in [1.54, 1.807) is 31.5 Å². The molecule has 3 rings (SSSR count). The first-order valence-electron chi connectivity index (χ1n) is 9.57. The first-order chi connectivity index (χ1) is 15.0. The molecule has 2 heterocycles. The maximum Gasteiger partial charge on any atom is 0.350 e. The van der Waals surface area contributed by atoms with Crippen molar-refractivity contribution in [2.24, 2.45) is 0 Å². The highest BCUT2D eigenvalue weighted by atomic mass is 32.1. The van der Waals surface area contributed by atoms with Crippen molar-refractivity contribution in [3.63, 3.8) is 0 Å². The number of hydrogen-bond donors (Lipinski definition) is 2. The zero-order valence-corrected chi connectivity index (χ0v) is 18.7. The molecule has 2 aromatic heterocycles. The summed E-state index contributed by atoms with van der Waals surface area (Å²) in [6.07, 6.45) is 0.0753. The molecule has 7 nitrogen and oxygen atoms in total. The fourth-order valence-corrected chi connectivity index (χ4v) is 4.38. The quantitative estimate of drug-likeness (QED) is 0.463. The summed E-state index contributed by atoms with van der Waals surface area (Å²) in [7, 11) is 1.59. The van der Waals surface area contributed by atoms with E-state index in [-0.39, 0.29) is 31.4 Å². The van der Waals surface area contributed by atoms with Gasteiger partial charge in [-0.1, -0.05) is 0 Å². The highest BCUT2D eigenvalue weighted by Crippen LogP contribution is 2.36. The molecular weight excluding hydrogens is 436 g/mol. The van der Waals surface area contributed by atoms with Crippen LogP contribution in [0.3, 0.4) is 0 Å². The number of carbonyl (C=O) groups is 3. The molecule has 162 valence electrons. The van der Waals surface area contributed by atoms with E-state index >= 15 is 0 Å². The summed E-state index contributed by atoms with van der Waals surface area (Å²) in [5.74, 6) is -0.300. The molecule has 0 unspecified atom stereocenters. The molecule has 0 saturated heterocycles. The van der Waals surface area contributed by atoms with Gasteiger partial charge in [0.2, 0.25) is 5.91 Å². The Bertz CT molecular complexity index is 1040. The van der Waals surface area contributed by atoms with Gasteiger partial charge in [-0.15, -0.1) is 11.3 Å². The van der Waals surface area contributed by atoms with Crippen LogP contribution in [0, 0.1) is 0 Å². The van der Waals surface area contributed by atoms with Gasteiger partial charge in [0.15, 0.2) is 0 Å². The fourth-order valence-electron chi connectivity index (χ4n) is 2.73. The van der Waals surface area contributed by atoms with E-state index in [9.17, 15) is 14.4 Å². The van der Waals surface area contributed by atoms with Crippen LogP contribution in [0.25, 0.3) is 10.4 Å². The van der Waals surface area contributed by atoms with E-state index in [0.29, 0.717) is 16.1 Å². The second kappa shape index (κ2) is 10.7. The summed E-state index contributed by atoms with van der Waals surface area (Å²) in [5.41, 5.74) is 1.85. The number of anilines is 1. The van der Waals surface area contributed by atoms with Crippen LogP contribution in [0.1, 0.15) is 33.4 Å². The minimum atomic E-state index is -0.492. The first-order valence-corrected chi connectivity index (χ1v) is 11.3.